The van der Waals surface area contributed by atoms with Gasteiger partial charge in [-0.15, -0.1) is 11.3 Å². The Morgan fingerprint density at radius 3 is 3.08 bits per heavy atom. The van der Waals surface area contributed by atoms with Gasteiger partial charge < -0.3 is 10.8 Å². The Morgan fingerprint density at radius 1 is 1.62 bits per heavy atom. The van der Waals surface area contributed by atoms with E-state index in [2.05, 4.69) is 9.97 Å². The van der Waals surface area contributed by atoms with Crippen LogP contribution in [0, 0.1) is 0 Å². The van der Waals surface area contributed by atoms with Gasteiger partial charge >= 0.3 is 5.97 Å². The van der Waals surface area contributed by atoms with E-state index < -0.39 is 5.97 Å². The third-order valence-corrected chi connectivity index (χ3v) is 2.54. The number of hydrogen-bond acceptors (Lipinski definition) is 5. The van der Waals surface area contributed by atoms with Gasteiger partial charge in [-0.05, 0) is 6.07 Å². The summed E-state index contributed by atoms with van der Waals surface area (Å²) in [6.45, 7) is 0. The minimum Gasteiger partial charge on any atom is -0.477 e. The summed E-state index contributed by atoms with van der Waals surface area (Å²) in [4.78, 5) is 19.1. The number of fused-ring (bicyclic) bond motifs is 1. The van der Waals surface area contributed by atoms with E-state index in [4.69, 9.17) is 10.8 Å². The molecule has 0 saturated heterocycles. The molecule has 0 atom stereocenters. The molecule has 0 unspecified atom stereocenters. The highest BCUT2D eigenvalue weighted by molar-refractivity contribution is 7.20. The van der Waals surface area contributed by atoms with Crippen molar-refractivity contribution in [3.8, 4) is 0 Å². The lowest BCUT2D eigenvalue weighted by Crippen LogP contribution is -1.91. The van der Waals surface area contributed by atoms with Crippen molar-refractivity contribution >= 4 is 33.5 Å². The molecule has 2 rings (SSSR count). The zero-order chi connectivity index (χ0) is 9.42. The first-order valence-corrected chi connectivity index (χ1v) is 4.24. The molecule has 5 nitrogen and oxygen atoms in total. The fraction of sp³-hybridized carbons (Fsp3) is 0. The molecule has 0 saturated carbocycles. The van der Waals surface area contributed by atoms with Crippen molar-refractivity contribution in [2.75, 3.05) is 5.73 Å². The number of aromatic nitrogens is 2. The third kappa shape index (κ3) is 1.31. The summed E-state index contributed by atoms with van der Waals surface area (Å²) in [7, 11) is 0. The molecule has 0 amide bonds. The fourth-order valence-corrected chi connectivity index (χ4v) is 1.80. The fourth-order valence-electron chi connectivity index (χ4n) is 0.949. The lowest BCUT2D eigenvalue weighted by molar-refractivity contribution is 0.0702. The summed E-state index contributed by atoms with van der Waals surface area (Å²) >= 11 is 1.09. The van der Waals surface area contributed by atoms with E-state index in [0.717, 1.165) is 11.3 Å². The normalized spacial score (nSPS) is 10.5. The lowest BCUT2D eigenvalue weighted by atomic mass is 10.4. The predicted molar refractivity (Wildman–Crippen MR) is 48.8 cm³/mol. The number of nitrogens with two attached hydrogens (primary N) is 1. The summed E-state index contributed by atoms with van der Waals surface area (Å²) in [5, 5.41) is 9.39. The molecule has 0 spiro atoms. The highest BCUT2D eigenvalue weighted by atomic mass is 32.1. The molecule has 0 bridgehead atoms. The predicted octanol–water partition coefficient (Wildman–Crippen LogP) is 0.972. The van der Waals surface area contributed by atoms with Gasteiger partial charge in [-0.2, -0.15) is 0 Å². The number of anilines is 1. The highest BCUT2D eigenvalue weighted by Gasteiger charge is 2.09. The van der Waals surface area contributed by atoms with Crippen LogP contribution < -0.4 is 5.73 Å². The standard InChI is InChI=1S/C7H5N3O2S/c8-7-9-2-3-1-4(6(11)12)13-5(3)10-7/h1-2H,(H,11,12)(H2,8,9,10). The van der Waals surface area contributed by atoms with E-state index in [0.29, 0.717) is 10.2 Å². The van der Waals surface area contributed by atoms with Crippen molar-refractivity contribution in [1.29, 1.82) is 0 Å². The van der Waals surface area contributed by atoms with Crippen LogP contribution in [-0.4, -0.2) is 21.0 Å². The van der Waals surface area contributed by atoms with Crippen LogP contribution in [0.15, 0.2) is 12.3 Å². The van der Waals surface area contributed by atoms with Crippen LogP contribution in [0.5, 0.6) is 0 Å². The molecular formula is C7H5N3O2S. The molecule has 2 heterocycles. The topological polar surface area (TPSA) is 89.1 Å². The second kappa shape index (κ2) is 2.67. The number of thiophene rings is 1. The van der Waals surface area contributed by atoms with E-state index in [9.17, 15) is 4.79 Å². The quantitative estimate of drug-likeness (QED) is 0.707. The SMILES string of the molecule is Nc1ncc2cc(C(=O)O)sc2n1. The summed E-state index contributed by atoms with van der Waals surface area (Å²) in [6, 6.07) is 1.53. The molecule has 0 fully saturated rings. The minimum atomic E-state index is -0.957. The number of hydrogen-bond donors (Lipinski definition) is 2. The van der Waals surface area contributed by atoms with Gasteiger partial charge in [0.2, 0.25) is 5.95 Å². The lowest BCUT2D eigenvalue weighted by Gasteiger charge is -1.88. The average Bonchev–Trinajstić information content (AvgIpc) is 2.46. The maximum Gasteiger partial charge on any atom is 0.345 e. The van der Waals surface area contributed by atoms with Crippen LogP contribution in [0.3, 0.4) is 0 Å². The second-order valence-corrected chi connectivity index (χ2v) is 3.44. The average molecular weight is 195 g/mol. The zero-order valence-corrected chi connectivity index (χ0v) is 7.21. The molecule has 0 aliphatic carbocycles. The van der Waals surface area contributed by atoms with Crippen LogP contribution in [0.1, 0.15) is 9.67 Å². The smallest absolute Gasteiger partial charge is 0.345 e. The van der Waals surface area contributed by atoms with Gasteiger partial charge in [0.05, 0.1) is 0 Å². The summed E-state index contributed by atoms with van der Waals surface area (Å²) in [5.74, 6) is -0.798. The molecule has 0 aliphatic heterocycles. The van der Waals surface area contributed by atoms with E-state index in [1.807, 2.05) is 0 Å². The van der Waals surface area contributed by atoms with Crippen molar-refractivity contribution in [1.82, 2.24) is 9.97 Å². The molecule has 3 N–H and O–H groups in total. The number of carbonyl (C=O) groups is 1. The summed E-state index contributed by atoms with van der Waals surface area (Å²) in [6.07, 6.45) is 1.51. The first-order chi connectivity index (χ1) is 6.16. The Balaban J connectivity index is 2.68. The maximum atomic E-state index is 10.6. The number of nitrogens with zero attached hydrogens (tertiary/aromatic N) is 2. The Kier molecular flexibility index (Phi) is 1.63. The molecule has 0 aliphatic rings. The van der Waals surface area contributed by atoms with Gasteiger partial charge in [0.1, 0.15) is 9.71 Å². The Morgan fingerprint density at radius 2 is 2.38 bits per heavy atom. The van der Waals surface area contributed by atoms with Gasteiger partial charge in [0.15, 0.2) is 0 Å². The van der Waals surface area contributed by atoms with E-state index in [1.54, 1.807) is 0 Å². The van der Waals surface area contributed by atoms with Crippen LogP contribution in [0.4, 0.5) is 5.95 Å². The van der Waals surface area contributed by atoms with Gasteiger partial charge in [-0.1, -0.05) is 0 Å². The van der Waals surface area contributed by atoms with Crippen molar-refractivity contribution in [2.24, 2.45) is 0 Å². The van der Waals surface area contributed by atoms with E-state index in [-0.39, 0.29) is 10.8 Å². The van der Waals surface area contributed by atoms with E-state index in [1.165, 1.54) is 12.3 Å². The Bertz CT molecular complexity index is 480. The molecule has 13 heavy (non-hydrogen) atoms. The first kappa shape index (κ1) is 7.93. The molecule has 66 valence electrons. The first-order valence-electron chi connectivity index (χ1n) is 3.42. The molecular weight excluding hydrogens is 190 g/mol. The van der Waals surface area contributed by atoms with Crippen LogP contribution in [0.2, 0.25) is 0 Å². The van der Waals surface area contributed by atoms with Crippen molar-refractivity contribution in [3.05, 3.63) is 17.1 Å². The molecule has 2 aromatic heterocycles. The number of rotatable bonds is 1. The van der Waals surface area contributed by atoms with Crippen LogP contribution in [-0.2, 0) is 0 Å². The van der Waals surface area contributed by atoms with Gasteiger partial charge in [-0.25, -0.2) is 14.8 Å². The van der Waals surface area contributed by atoms with Gasteiger partial charge in [-0.3, -0.25) is 0 Å². The summed E-state index contributed by atoms with van der Waals surface area (Å²) in [5.41, 5.74) is 5.35. The van der Waals surface area contributed by atoms with Crippen molar-refractivity contribution in [3.63, 3.8) is 0 Å². The molecule has 2 aromatic rings. The van der Waals surface area contributed by atoms with Gasteiger partial charge in [0.25, 0.3) is 0 Å². The van der Waals surface area contributed by atoms with Crippen LogP contribution in [0.25, 0.3) is 10.2 Å². The second-order valence-electron chi connectivity index (χ2n) is 2.40. The highest BCUT2D eigenvalue weighted by Crippen LogP contribution is 2.23. The number of nitrogen functional groups attached to an aromatic ring is 1. The van der Waals surface area contributed by atoms with Crippen molar-refractivity contribution in [2.45, 2.75) is 0 Å². The number of aromatic carboxylic acids is 1. The molecule has 6 heteroatoms. The molecule has 0 aromatic carbocycles. The zero-order valence-electron chi connectivity index (χ0n) is 6.39. The van der Waals surface area contributed by atoms with Crippen molar-refractivity contribution < 1.29 is 9.90 Å². The summed E-state index contributed by atoms with van der Waals surface area (Å²) < 4.78 is 0. The number of carboxylic acid groups (broad SMARTS) is 1. The Labute approximate surface area is 76.9 Å². The Hall–Kier alpha value is -1.69. The van der Waals surface area contributed by atoms with Gasteiger partial charge in [0, 0.05) is 11.6 Å². The van der Waals surface area contributed by atoms with E-state index >= 15 is 0 Å². The number of carboxylic acids is 1. The molecule has 0 radical (unpaired) electrons. The third-order valence-electron chi connectivity index (χ3n) is 1.50. The van der Waals surface area contributed by atoms with Crippen LogP contribution >= 0.6 is 11.3 Å². The minimum absolute atomic E-state index is 0.159. The maximum absolute atomic E-state index is 10.6. The monoisotopic (exact) mass is 195 g/mol. The largest absolute Gasteiger partial charge is 0.477 e.